The summed E-state index contributed by atoms with van der Waals surface area (Å²) in [6.45, 7) is -2.21. The van der Waals surface area contributed by atoms with Crippen molar-refractivity contribution in [3.05, 3.63) is 215 Å². The van der Waals surface area contributed by atoms with E-state index >= 15 is 0 Å². The Kier molecular flexibility index (Phi) is 18.0. The number of benzene rings is 6. The molecule has 0 aliphatic carbocycles. The lowest BCUT2D eigenvalue weighted by molar-refractivity contribution is -0.333. The molecule has 0 bridgehead atoms. The van der Waals surface area contributed by atoms with Crippen LogP contribution in [0.2, 0.25) is 0 Å². The number of rotatable bonds is 14. The third kappa shape index (κ3) is 13.4. The van der Waals surface area contributed by atoms with E-state index in [9.17, 15) is 28.8 Å². The molecule has 76 heavy (non-hydrogen) atoms. The van der Waals surface area contributed by atoms with Gasteiger partial charge in [0.1, 0.15) is 37.6 Å². The van der Waals surface area contributed by atoms with Gasteiger partial charge >= 0.3 is 35.8 Å². The van der Waals surface area contributed by atoms with Crippen molar-refractivity contribution in [3.63, 3.8) is 0 Å². The predicted octanol–water partition coefficient (Wildman–Crippen LogP) is 6.87. The maximum Gasteiger partial charge on any atom is 0.338 e. The van der Waals surface area contributed by atoms with E-state index in [1.807, 2.05) is 0 Å². The zero-order valence-electron chi connectivity index (χ0n) is 40.7. The van der Waals surface area contributed by atoms with E-state index in [1.54, 1.807) is 158 Å². The monoisotopic (exact) mass is 1040 g/mol. The van der Waals surface area contributed by atoms with Crippen molar-refractivity contribution in [2.24, 2.45) is 0 Å². The molecule has 0 N–H and O–H groups in total. The Morgan fingerprint density at radius 2 is 0.553 bits per heavy atom. The summed E-state index contributed by atoms with van der Waals surface area (Å²) < 4.78 is 74.8. The molecule has 0 aromatic heterocycles. The summed E-state index contributed by atoms with van der Waals surface area (Å²) in [6, 6.07) is 48.8. The summed E-state index contributed by atoms with van der Waals surface area (Å²) in [4.78, 5) is 82.6. The first-order valence-corrected chi connectivity index (χ1v) is 24.5. The molecule has 3 aliphatic rings. The van der Waals surface area contributed by atoms with Gasteiger partial charge in [-0.3, -0.25) is 0 Å². The first-order chi connectivity index (χ1) is 37.2. The second-order valence-electron chi connectivity index (χ2n) is 17.4. The molecular formula is C58H52O18. The van der Waals surface area contributed by atoms with Crippen molar-refractivity contribution in [1.82, 2.24) is 0 Å². The third-order valence-corrected chi connectivity index (χ3v) is 12.3. The fraction of sp³-hybridized carbons (Fsp3) is 0.276. The number of esters is 6. The van der Waals surface area contributed by atoms with E-state index in [2.05, 4.69) is 0 Å². The highest BCUT2D eigenvalue weighted by atomic mass is 16.8. The van der Waals surface area contributed by atoms with Crippen molar-refractivity contribution >= 4 is 35.8 Å². The lowest BCUT2D eigenvalue weighted by Gasteiger charge is -2.46. The van der Waals surface area contributed by atoms with Crippen LogP contribution in [0.4, 0.5) is 0 Å². The molecule has 3 aliphatic heterocycles. The van der Waals surface area contributed by atoms with Gasteiger partial charge in [-0.15, -0.1) is 0 Å². The third-order valence-electron chi connectivity index (χ3n) is 12.3. The van der Waals surface area contributed by atoms with Gasteiger partial charge in [0.2, 0.25) is 0 Å². The van der Waals surface area contributed by atoms with Gasteiger partial charge in [-0.05, 0) is 72.8 Å². The van der Waals surface area contributed by atoms with E-state index in [0.717, 1.165) is 0 Å². The van der Waals surface area contributed by atoms with E-state index in [4.69, 9.17) is 56.8 Å². The summed E-state index contributed by atoms with van der Waals surface area (Å²) in [5.41, 5.74) is 1.12. The van der Waals surface area contributed by atoms with E-state index in [-0.39, 0.29) is 59.8 Å². The van der Waals surface area contributed by atoms with E-state index in [1.165, 1.54) is 24.3 Å². The molecule has 0 unspecified atom stereocenters. The number of carbonyl (C=O) groups excluding carboxylic acids is 6. The van der Waals surface area contributed by atoms with Crippen molar-refractivity contribution < 1.29 is 85.6 Å². The van der Waals surface area contributed by atoms with E-state index < -0.39 is 110 Å². The zero-order chi connectivity index (χ0) is 52.6. The Bertz CT molecular complexity index is 2660. The molecule has 9 rings (SSSR count). The highest BCUT2D eigenvalue weighted by Gasteiger charge is 2.55. The molecule has 18 nitrogen and oxygen atoms in total. The first-order valence-electron chi connectivity index (χ1n) is 24.5. The van der Waals surface area contributed by atoms with Gasteiger partial charge < -0.3 is 56.8 Å². The zero-order valence-corrected chi connectivity index (χ0v) is 40.7. The van der Waals surface area contributed by atoms with Gasteiger partial charge in [0, 0.05) is 0 Å². The highest BCUT2D eigenvalue weighted by Crippen LogP contribution is 2.34. The lowest BCUT2D eigenvalue weighted by atomic mass is 9.97. The molecule has 10 atom stereocenters. The second-order valence-corrected chi connectivity index (χ2v) is 17.4. The maximum atomic E-state index is 14.0. The molecule has 392 valence electrons. The standard InChI is InChI=1S/C58H52O18/c59-51(37-19-7-1-8-20-37)69-35-43-45(73-53(61)39-23-11-3-12-24-39)47(75-55(63)41-27-15-5-16-28-41)49-57(71-43)67-33-34-68-58-50(66-32-31-65-49)48(76-56(64)42-29-17-6-18-30-42)46(74-54(62)40-25-13-4-14-26-40)44(72-58)36-70-52(60)38-21-9-2-10-22-38/h1-30,43-50,57-58H,31-36H2/t43-,44-,45-,46-,47+,48+,49-,50-,57+,58+/m1/s1. The number of ether oxygens (including phenoxy) is 12. The normalized spacial score (nSPS) is 24.5. The Balaban J connectivity index is 1.03. The van der Waals surface area contributed by atoms with Crippen LogP contribution in [-0.4, -0.2) is 137 Å². The Morgan fingerprint density at radius 3 is 0.829 bits per heavy atom. The summed E-state index contributed by atoms with van der Waals surface area (Å²) >= 11 is 0. The molecule has 3 saturated heterocycles. The summed E-state index contributed by atoms with van der Waals surface area (Å²) in [5.74, 6) is -4.67. The molecular weight excluding hydrogens is 985 g/mol. The predicted molar refractivity (Wildman–Crippen MR) is 265 cm³/mol. The minimum absolute atomic E-state index is 0.159. The summed E-state index contributed by atoms with van der Waals surface area (Å²) in [6.07, 6.45) is -14.1. The van der Waals surface area contributed by atoms with Crippen LogP contribution in [0.1, 0.15) is 62.1 Å². The fourth-order valence-electron chi connectivity index (χ4n) is 8.59. The average Bonchev–Trinajstić information content (AvgIpc) is 3.47. The van der Waals surface area contributed by atoms with Gasteiger partial charge in [0.05, 0.1) is 59.8 Å². The molecule has 0 amide bonds. The Labute approximate surface area is 436 Å². The first kappa shape index (κ1) is 52.8. The van der Waals surface area contributed by atoms with Crippen molar-refractivity contribution in [1.29, 1.82) is 0 Å². The van der Waals surface area contributed by atoms with Gasteiger partial charge in [-0.25, -0.2) is 28.8 Å². The topological polar surface area (TPSA) is 213 Å². The van der Waals surface area contributed by atoms with Gasteiger partial charge in [-0.2, -0.15) is 0 Å². The Hall–Kier alpha value is -8.10. The van der Waals surface area contributed by atoms with Crippen LogP contribution in [0.3, 0.4) is 0 Å². The van der Waals surface area contributed by atoms with Crippen LogP contribution >= 0.6 is 0 Å². The highest BCUT2D eigenvalue weighted by molar-refractivity contribution is 5.92. The van der Waals surface area contributed by atoms with Crippen molar-refractivity contribution in [2.45, 2.75) is 61.4 Å². The summed E-state index contributed by atoms with van der Waals surface area (Å²) in [7, 11) is 0. The molecule has 3 heterocycles. The van der Waals surface area contributed by atoms with E-state index in [0.29, 0.717) is 0 Å². The Morgan fingerprint density at radius 1 is 0.316 bits per heavy atom. The SMILES string of the molecule is O=C(OC[C@H]1O[C@@H]2OCCO[C@H]3O[C@H](COC(=O)c4ccccc4)[C@@H](OC(=O)c4ccccc4)[C@H](OC(=O)c4ccccc4)[C@H]3OCCO[C@@H]2[C@@H](OC(=O)c2ccccc2)[C@@H]1OC(=O)c1ccccc1)c1ccccc1. The molecule has 0 radical (unpaired) electrons. The molecule has 6 aromatic carbocycles. The number of hydrogen-bond acceptors (Lipinski definition) is 18. The molecule has 18 heteroatoms. The van der Waals surface area contributed by atoms with Crippen LogP contribution in [-0.2, 0) is 56.8 Å². The largest absolute Gasteiger partial charge is 0.459 e. The number of carbonyl (C=O) groups is 6. The fourth-order valence-corrected chi connectivity index (χ4v) is 8.59. The molecule has 3 fully saturated rings. The average molecular weight is 1040 g/mol. The quantitative estimate of drug-likeness (QED) is 0.0804. The van der Waals surface area contributed by atoms with Crippen LogP contribution in [0.25, 0.3) is 0 Å². The van der Waals surface area contributed by atoms with Gasteiger partial charge in [0.15, 0.2) is 37.0 Å². The maximum absolute atomic E-state index is 14.0. The smallest absolute Gasteiger partial charge is 0.338 e. The minimum Gasteiger partial charge on any atom is -0.459 e. The molecule has 0 saturated carbocycles. The molecule has 6 aromatic rings. The second kappa shape index (κ2) is 25.9. The van der Waals surface area contributed by atoms with Crippen LogP contribution in [0.5, 0.6) is 0 Å². The number of fused-ring (bicyclic) bond motifs is 2. The van der Waals surface area contributed by atoms with Crippen LogP contribution in [0.15, 0.2) is 182 Å². The van der Waals surface area contributed by atoms with Crippen molar-refractivity contribution in [2.75, 3.05) is 39.6 Å². The number of hydrogen-bond donors (Lipinski definition) is 0. The van der Waals surface area contributed by atoms with Gasteiger partial charge in [0.25, 0.3) is 0 Å². The van der Waals surface area contributed by atoms with Gasteiger partial charge in [-0.1, -0.05) is 109 Å². The van der Waals surface area contributed by atoms with Crippen LogP contribution < -0.4 is 0 Å². The van der Waals surface area contributed by atoms with Crippen molar-refractivity contribution in [3.8, 4) is 0 Å². The minimum atomic E-state index is -1.49. The van der Waals surface area contributed by atoms with Crippen LogP contribution in [0, 0.1) is 0 Å². The summed E-state index contributed by atoms with van der Waals surface area (Å²) in [5, 5.41) is 0. The molecule has 0 spiro atoms. The lowest BCUT2D eigenvalue weighted by Crippen LogP contribution is -2.64.